The molecular weight excluding hydrogens is 358 g/mol. The Labute approximate surface area is 150 Å². The fraction of sp³-hybridized carbons (Fsp3) is 0.476. The first kappa shape index (κ1) is 15.1. The maximum atomic E-state index is 13.3. The Kier molecular flexibility index (Phi) is 4.65. The van der Waals surface area contributed by atoms with E-state index in [0.29, 0.717) is 0 Å². The van der Waals surface area contributed by atoms with Crippen LogP contribution in [0.1, 0.15) is 40.4 Å². The van der Waals surface area contributed by atoms with Gasteiger partial charge >= 0.3 is 151 Å². The Hall–Kier alpha value is -1.16. The Balaban J connectivity index is 2.10. The quantitative estimate of drug-likeness (QED) is 0.626. The van der Waals surface area contributed by atoms with Crippen LogP contribution in [-0.4, -0.2) is 18.3 Å². The molecule has 128 valence electrons. The van der Waals surface area contributed by atoms with E-state index >= 15 is 0 Å². The van der Waals surface area contributed by atoms with Crippen molar-refractivity contribution in [3.8, 4) is 11.3 Å². The first-order chi connectivity index (χ1) is 12.2. The number of hydrogen-bond acceptors (Lipinski definition) is 1. The van der Waals surface area contributed by atoms with E-state index in [9.17, 15) is 4.39 Å². The number of pyridine rings is 1. The van der Waals surface area contributed by atoms with E-state index in [0.717, 1.165) is 46.9 Å². The molecule has 0 saturated heterocycles. The summed E-state index contributed by atoms with van der Waals surface area (Å²) in [6.07, 6.45) is 5.92. The van der Waals surface area contributed by atoms with Crippen LogP contribution < -0.4 is 4.40 Å². The number of aromatic nitrogens is 1. The Morgan fingerprint density at radius 1 is 1.12 bits per heavy atom. The third-order valence-corrected chi connectivity index (χ3v) is 9.04. The van der Waals surface area contributed by atoms with E-state index < -0.39 is 19.6 Å². The van der Waals surface area contributed by atoms with Crippen LogP contribution in [0.3, 0.4) is 0 Å². The predicted octanol–water partition coefficient (Wildman–Crippen LogP) is 5.56. The second-order valence-corrected chi connectivity index (χ2v) is 18.4. The molecule has 1 heterocycles. The van der Waals surface area contributed by atoms with Gasteiger partial charge in [-0.25, -0.2) is 0 Å². The van der Waals surface area contributed by atoms with Gasteiger partial charge in [-0.05, 0) is 0 Å². The van der Waals surface area contributed by atoms with Crippen molar-refractivity contribution < 1.29 is 7.13 Å². The van der Waals surface area contributed by atoms with E-state index in [1.165, 1.54) is 18.6 Å². The van der Waals surface area contributed by atoms with Crippen LogP contribution in [0.4, 0.5) is 4.39 Å². The van der Waals surface area contributed by atoms with Crippen LogP contribution in [0, 0.1) is 11.7 Å². The number of benzene rings is 1. The zero-order chi connectivity index (χ0) is 18.9. The molecular formula is C21H28FGeN. The third kappa shape index (κ3) is 4.27. The van der Waals surface area contributed by atoms with Gasteiger partial charge in [0.05, 0.1) is 0 Å². The number of hydrogen-bond donors (Lipinski definition) is 0. The van der Waals surface area contributed by atoms with Crippen LogP contribution in [0.15, 0.2) is 36.5 Å². The predicted molar refractivity (Wildman–Crippen MR) is 103 cm³/mol. The van der Waals surface area contributed by atoms with Crippen LogP contribution >= 0.6 is 0 Å². The molecule has 3 heteroatoms. The molecule has 0 N–H and O–H groups in total. The standard InChI is InChI=1S/C21H28FGeN/c1-23(2,3)20-15-24-21(17-9-11-19(22)12-10-17)14-18(20)13-16-7-5-4-6-8-16/h9-12,14-16H,4-8,13H2,1-3H3/i13D2. The first-order valence-electron chi connectivity index (χ1n) is 9.96. The van der Waals surface area contributed by atoms with Crippen molar-refractivity contribution in [1.29, 1.82) is 0 Å². The molecule has 0 unspecified atom stereocenters. The van der Waals surface area contributed by atoms with Gasteiger partial charge < -0.3 is 0 Å². The topological polar surface area (TPSA) is 12.9 Å². The van der Waals surface area contributed by atoms with Crippen molar-refractivity contribution in [2.75, 3.05) is 0 Å². The van der Waals surface area contributed by atoms with Gasteiger partial charge in [-0.1, -0.05) is 0 Å². The molecule has 3 rings (SSSR count). The molecule has 1 aromatic carbocycles. The summed E-state index contributed by atoms with van der Waals surface area (Å²) in [5.74, 6) is 6.66. The van der Waals surface area contributed by atoms with Crippen molar-refractivity contribution in [1.82, 2.24) is 4.98 Å². The molecule has 0 radical (unpaired) electrons. The molecule has 1 saturated carbocycles. The summed E-state index contributed by atoms with van der Waals surface area (Å²) < 4.78 is 32.4. The van der Waals surface area contributed by atoms with Gasteiger partial charge in [-0.2, -0.15) is 0 Å². The van der Waals surface area contributed by atoms with Gasteiger partial charge in [-0.15, -0.1) is 0 Å². The Bertz CT molecular complexity index is 763. The average Bonchev–Trinajstić information content (AvgIpc) is 2.62. The average molecular weight is 388 g/mol. The molecule has 24 heavy (non-hydrogen) atoms. The van der Waals surface area contributed by atoms with Gasteiger partial charge in [0.15, 0.2) is 0 Å². The second-order valence-electron chi connectivity index (χ2n) is 7.85. The molecule has 2 aromatic rings. The number of rotatable bonds is 4. The van der Waals surface area contributed by atoms with Crippen molar-refractivity contribution >= 4 is 17.7 Å². The summed E-state index contributed by atoms with van der Waals surface area (Å²) in [5, 5.41) is 0. The monoisotopic (exact) mass is 389 g/mol. The van der Waals surface area contributed by atoms with Crippen molar-refractivity contribution in [2.24, 2.45) is 5.92 Å². The molecule has 0 spiro atoms. The van der Waals surface area contributed by atoms with Crippen molar-refractivity contribution in [3.05, 3.63) is 47.9 Å². The van der Waals surface area contributed by atoms with E-state index in [1.54, 1.807) is 12.1 Å². The summed E-state index contributed by atoms with van der Waals surface area (Å²) in [6.45, 7) is 0. The van der Waals surface area contributed by atoms with Crippen LogP contribution in [0.25, 0.3) is 11.3 Å². The van der Waals surface area contributed by atoms with Crippen LogP contribution in [0.5, 0.6) is 0 Å². The van der Waals surface area contributed by atoms with Crippen LogP contribution in [0.2, 0.25) is 17.3 Å². The molecule has 1 aliphatic rings. The normalized spacial score (nSPS) is 18.2. The Morgan fingerprint density at radius 3 is 2.42 bits per heavy atom. The molecule has 0 amide bonds. The maximum absolute atomic E-state index is 13.3. The number of halogens is 1. The molecule has 1 aromatic heterocycles. The first-order valence-corrected chi connectivity index (χ1v) is 16.3. The van der Waals surface area contributed by atoms with Crippen LogP contribution in [-0.2, 0) is 6.37 Å². The molecule has 1 aliphatic carbocycles. The second kappa shape index (κ2) is 7.39. The third-order valence-electron chi connectivity index (χ3n) is 4.82. The van der Waals surface area contributed by atoms with Crippen molar-refractivity contribution in [3.63, 3.8) is 0 Å². The van der Waals surface area contributed by atoms with Gasteiger partial charge in [0.1, 0.15) is 0 Å². The summed E-state index contributed by atoms with van der Waals surface area (Å²) in [5.41, 5.74) is 2.39. The number of nitrogens with zero attached hydrogens (tertiary/aromatic N) is 1. The summed E-state index contributed by atoms with van der Waals surface area (Å²) in [6, 6.07) is 8.24. The van der Waals surface area contributed by atoms with E-state index in [-0.39, 0.29) is 11.7 Å². The fourth-order valence-corrected chi connectivity index (χ4v) is 6.36. The summed E-state index contributed by atoms with van der Waals surface area (Å²) in [4.78, 5) is 4.62. The molecule has 1 fully saturated rings. The molecule has 1 nitrogen and oxygen atoms in total. The molecule has 0 atom stereocenters. The van der Waals surface area contributed by atoms with Gasteiger partial charge in [0, 0.05) is 0 Å². The van der Waals surface area contributed by atoms with Gasteiger partial charge in [0.25, 0.3) is 0 Å². The van der Waals surface area contributed by atoms with Gasteiger partial charge in [0.2, 0.25) is 0 Å². The van der Waals surface area contributed by atoms with E-state index in [1.807, 2.05) is 12.3 Å². The van der Waals surface area contributed by atoms with Gasteiger partial charge in [-0.3, -0.25) is 0 Å². The minimum absolute atomic E-state index is 0.0724. The summed E-state index contributed by atoms with van der Waals surface area (Å²) in [7, 11) is 0. The molecule has 0 aliphatic heterocycles. The minimum atomic E-state index is -2.29. The van der Waals surface area contributed by atoms with E-state index in [2.05, 4.69) is 22.3 Å². The SMILES string of the molecule is [2H]C([2H])(c1cc(-c2ccc(F)cc2)nc[c]1[Ge]([CH3])([CH3])[CH3])C1CCCCC1. The van der Waals surface area contributed by atoms with Crippen molar-refractivity contribution in [2.45, 2.75) is 55.7 Å². The van der Waals surface area contributed by atoms with E-state index in [4.69, 9.17) is 2.74 Å². The zero-order valence-electron chi connectivity index (χ0n) is 16.9. The zero-order valence-corrected chi connectivity index (χ0v) is 17.0. The fourth-order valence-electron chi connectivity index (χ4n) is 3.42. The summed E-state index contributed by atoms with van der Waals surface area (Å²) >= 11 is -2.29. The molecule has 0 bridgehead atoms. The Morgan fingerprint density at radius 2 is 1.79 bits per heavy atom.